The number of ketones is 1. The maximum atomic E-state index is 12.7. The van der Waals surface area contributed by atoms with E-state index >= 15 is 0 Å². The van der Waals surface area contributed by atoms with Crippen LogP contribution in [0.15, 0.2) is 35.9 Å². The number of carbonyl (C=O) groups excluding carboxylic acids is 2. The van der Waals surface area contributed by atoms with E-state index in [1.54, 1.807) is 5.57 Å². The van der Waals surface area contributed by atoms with Gasteiger partial charge in [0.05, 0.1) is 5.56 Å². The number of Topliss-reactive ketones (excluding diaryl/α,β-unsaturated/α-hetero) is 1. The van der Waals surface area contributed by atoms with E-state index in [0.29, 0.717) is 18.5 Å². The van der Waals surface area contributed by atoms with Gasteiger partial charge in [-0.3, -0.25) is 19.4 Å². The zero-order valence-corrected chi connectivity index (χ0v) is 20.7. The van der Waals surface area contributed by atoms with Crippen LogP contribution >= 0.6 is 0 Å². The summed E-state index contributed by atoms with van der Waals surface area (Å²) < 4.78 is 38.1. The fourth-order valence-electron chi connectivity index (χ4n) is 7.00. The van der Waals surface area contributed by atoms with E-state index in [4.69, 9.17) is 0 Å². The Morgan fingerprint density at radius 1 is 1.03 bits per heavy atom. The van der Waals surface area contributed by atoms with Crippen molar-refractivity contribution in [1.29, 1.82) is 0 Å². The van der Waals surface area contributed by atoms with Crippen molar-refractivity contribution in [2.75, 3.05) is 32.7 Å². The number of alkyl halides is 3. The molecular formula is C28H36F3N3O2. The fourth-order valence-corrected chi connectivity index (χ4v) is 7.00. The van der Waals surface area contributed by atoms with E-state index in [0.717, 1.165) is 62.2 Å². The van der Waals surface area contributed by atoms with E-state index in [9.17, 15) is 22.8 Å². The van der Waals surface area contributed by atoms with Gasteiger partial charge >= 0.3 is 6.18 Å². The number of hydrogen-bond acceptors (Lipinski definition) is 4. The van der Waals surface area contributed by atoms with Gasteiger partial charge in [0.15, 0.2) is 0 Å². The second kappa shape index (κ2) is 10.7. The van der Waals surface area contributed by atoms with E-state index in [2.05, 4.69) is 21.2 Å². The number of carbonyl (C=O) groups is 2. The van der Waals surface area contributed by atoms with Crippen LogP contribution in [0.4, 0.5) is 13.2 Å². The molecule has 1 amide bonds. The Kier molecular flexibility index (Phi) is 7.54. The van der Waals surface area contributed by atoms with Crippen molar-refractivity contribution in [3.05, 3.63) is 47.0 Å². The number of benzene rings is 1. The molecule has 196 valence electrons. The van der Waals surface area contributed by atoms with Crippen molar-refractivity contribution in [2.45, 2.75) is 69.6 Å². The number of hydrogen-bond donors (Lipinski definition) is 1. The largest absolute Gasteiger partial charge is 0.416 e. The van der Waals surface area contributed by atoms with Crippen molar-refractivity contribution < 1.29 is 22.8 Å². The quantitative estimate of drug-likeness (QED) is 0.254. The summed E-state index contributed by atoms with van der Waals surface area (Å²) >= 11 is 0. The van der Waals surface area contributed by atoms with Crippen LogP contribution < -0.4 is 5.32 Å². The first-order valence-electron chi connectivity index (χ1n) is 13.5. The average Bonchev–Trinajstić information content (AvgIpc) is 2.87. The Labute approximate surface area is 211 Å². The summed E-state index contributed by atoms with van der Waals surface area (Å²) in [5.41, 5.74) is 0.781. The molecule has 1 aliphatic carbocycles. The third kappa shape index (κ3) is 5.40. The van der Waals surface area contributed by atoms with Crippen LogP contribution in [-0.4, -0.2) is 66.3 Å². The Hall–Kier alpha value is -2.19. The van der Waals surface area contributed by atoms with Crippen LogP contribution in [0, 0.1) is 11.8 Å². The van der Waals surface area contributed by atoms with Gasteiger partial charge in [-0.15, -0.1) is 0 Å². The SMILES string of the molecule is O=C(NCCCCN1CCCC2=C[C@@H]3C[C@@H](CN4CCCC[C@H]34)[C@@H]21)C(=O)c1ccc(C(F)(F)F)cc1. The lowest BCUT2D eigenvalue weighted by Gasteiger charge is -2.55. The maximum Gasteiger partial charge on any atom is 0.416 e. The summed E-state index contributed by atoms with van der Waals surface area (Å²) in [6.07, 6.45) is 7.63. The topological polar surface area (TPSA) is 52.7 Å². The summed E-state index contributed by atoms with van der Waals surface area (Å²) in [5, 5.41) is 2.64. The van der Waals surface area contributed by atoms with Gasteiger partial charge in [-0.1, -0.05) is 30.2 Å². The third-order valence-electron chi connectivity index (χ3n) is 8.60. The summed E-state index contributed by atoms with van der Waals surface area (Å²) in [6.45, 7) is 4.95. The van der Waals surface area contributed by atoms with Crippen molar-refractivity contribution >= 4 is 11.7 Å². The van der Waals surface area contributed by atoms with Crippen LogP contribution in [0.3, 0.4) is 0 Å². The molecule has 5 nitrogen and oxygen atoms in total. The predicted octanol–water partition coefficient (Wildman–Crippen LogP) is 4.68. The zero-order chi connectivity index (χ0) is 25.3. The highest BCUT2D eigenvalue weighted by Crippen LogP contribution is 2.45. The highest BCUT2D eigenvalue weighted by atomic mass is 19.4. The van der Waals surface area contributed by atoms with Crippen LogP contribution in [0.5, 0.6) is 0 Å². The van der Waals surface area contributed by atoms with Gasteiger partial charge in [-0.25, -0.2) is 0 Å². The van der Waals surface area contributed by atoms with E-state index < -0.39 is 23.4 Å². The molecule has 3 heterocycles. The van der Waals surface area contributed by atoms with Gasteiger partial charge in [0.1, 0.15) is 0 Å². The second-order valence-corrected chi connectivity index (χ2v) is 10.9. The number of halogens is 3. The summed E-state index contributed by atoms with van der Waals surface area (Å²) in [7, 11) is 0. The molecule has 1 aromatic rings. The molecule has 3 aliphatic heterocycles. The molecule has 0 saturated carbocycles. The monoisotopic (exact) mass is 503 g/mol. The first-order valence-corrected chi connectivity index (χ1v) is 13.5. The zero-order valence-electron chi connectivity index (χ0n) is 20.7. The standard InChI is InChI=1S/C28H36F3N3O2/c29-28(30,31)23-10-8-19(9-11-23)26(35)27(36)32-12-2-4-13-33-15-5-6-20-16-21-17-22(25(20)33)18-34-14-3-1-7-24(21)34/h8-11,16,21-22,24-25H,1-7,12-15,17-18H2,(H,32,36)/t21-,22+,24-,25-/m1/s1. The Morgan fingerprint density at radius 2 is 1.83 bits per heavy atom. The number of nitrogens with zero attached hydrogens (tertiary/aromatic N) is 2. The van der Waals surface area contributed by atoms with E-state index in [1.807, 2.05) is 0 Å². The number of fused-ring (bicyclic) bond motifs is 6. The van der Waals surface area contributed by atoms with Crippen molar-refractivity contribution in [2.24, 2.45) is 11.8 Å². The molecule has 1 aromatic carbocycles. The lowest BCUT2D eigenvalue weighted by Crippen LogP contribution is -2.59. The summed E-state index contributed by atoms with van der Waals surface area (Å²) in [5.74, 6) is -0.132. The lowest BCUT2D eigenvalue weighted by molar-refractivity contribution is -0.137. The van der Waals surface area contributed by atoms with Gasteiger partial charge in [-0.2, -0.15) is 13.2 Å². The fraction of sp³-hybridized carbons (Fsp3) is 0.643. The summed E-state index contributed by atoms with van der Waals surface area (Å²) in [6, 6.07) is 5.07. The molecule has 0 spiro atoms. The van der Waals surface area contributed by atoms with Gasteiger partial charge in [0, 0.05) is 30.7 Å². The Bertz CT molecular complexity index is 991. The number of unbranched alkanes of at least 4 members (excludes halogenated alkanes) is 1. The normalized spacial score (nSPS) is 28.6. The van der Waals surface area contributed by atoms with E-state index in [-0.39, 0.29) is 5.56 Å². The first kappa shape index (κ1) is 25.5. The van der Waals surface area contributed by atoms with Crippen LogP contribution in [0.25, 0.3) is 0 Å². The molecule has 4 atom stereocenters. The Morgan fingerprint density at radius 3 is 2.61 bits per heavy atom. The van der Waals surface area contributed by atoms with Crippen molar-refractivity contribution in [3.8, 4) is 0 Å². The third-order valence-corrected chi connectivity index (χ3v) is 8.60. The minimum absolute atomic E-state index is 0.0350. The molecule has 8 heteroatoms. The number of nitrogens with one attached hydrogen (secondary N) is 1. The number of amides is 1. The average molecular weight is 504 g/mol. The number of piperidine rings is 3. The van der Waals surface area contributed by atoms with Gasteiger partial charge in [0.2, 0.25) is 5.78 Å². The second-order valence-electron chi connectivity index (χ2n) is 10.9. The number of rotatable bonds is 7. The van der Waals surface area contributed by atoms with Crippen LogP contribution in [-0.2, 0) is 11.0 Å². The van der Waals surface area contributed by atoms with E-state index in [1.165, 1.54) is 51.6 Å². The molecule has 0 unspecified atom stereocenters. The van der Waals surface area contributed by atoms with Gasteiger partial charge < -0.3 is 5.32 Å². The van der Waals surface area contributed by atoms with Gasteiger partial charge in [0.25, 0.3) is 5.91 Å². The lowest BCUT2D eigenvalue weighted by atomic mass is 9.68. The molecule has 4 aliphatic rings. The molecular weight excluding hydrogens is 467 g/mol. The van der Waals surface area contributed by atoms with Crippen molar-refractivity contribution in [1.82, 2.24) is 15.1 Å². The molecule has 1 N–H and O–H groups in total. The van der Waals surface area contributed by atoms with Gasteiger partial charge in [-0.05, 0) is 88.5 Å². The summed E-state index contributed by atoms with van der Waals surface area (Å²) in [4.78, 5) is 29.9. The molecule has 36 heavy (non-hydrogen) atoms. The van der Waals surface area contributed by atoms with Crippen LogP contribution in [0.2, 0.25) is 0 Å². The minimum atomic E-state index is -4.47. The number of likely N-dealkylation sites (tertiary alicyclic amines) is 1. The highest BCUT2D eigenvalue weighted by Gasteiger charge is 2.45. The highest BCUT2D eigenvalue weighted by molar-refractivity contribution is 6.42. The smallest absolute Gasteiger partial charge is 0.349 e. The first-order chi connectivity index (χ1) is 17.3. The molecule has 3 fully saturated rings. The van der Waals surface area contributed by atoms with Crippen LogP contribution in [0.1, 0.15) is 67.3 Å². The molecule has 0 radical (unpaired) electrons. The molecule has 0 aromatic heterocycles. The maximum absolute atomic E-state index is 12.7. The predicted molar refractivity (Wildman–Crippen MR) is 132 cm³/mol. The molecule has 2 bridgehead atoms. The minimum Gasteiger partial charge on any atom is -0.349 e. The molecule has 3 saturated heterocycles. The Balaban J connectivity index is 1.09. The van der Waals surface area contributed by atoms with Crippen molar-refractivity contribution in [3.63, 3.8) is 0 Å². The molecule has 5 rings (SSSR count).